The molecule has 0 radical (unpaired) electrons. The van der Waals surface area contributed by atoms with Crippen LogP contribution in [0.3, 0.4) is 0 Å². The zero-order valence-electron chi connectivity index (χ0n) is 29.3. The predicted octanol–water partition coefficient (Wildman–Crippen LogP) is 3.53. The first-order chi connectivity index (χ1) is 25.2. The van der Waals surface area contributed by atoms with Crippen LogP contribution in [0.4, 0.5) is 0 Å². The van der Waals surface area contributed by atoms with Crippen molar-refractivity contribution in [3.63, 3.8) is 0 Å². The Balaban J connectivity index is 1.42. The monoisotopic (exact) mass is 703 g/mol. The van der Waals surface area contributed by atoms with Gasteiger partial charge in [-0.1, -0.05) is 103 Å². The van der Waals surface area contributed by atoms with Crippen LogP contribution < -0.4 is 20.7 Å². The lowest BCUT2D eigenvalue weighted by Gasteiger charge is -2.27. The van der Waals surface area contributed by atoms with E-state index in [1.165, 1.54) is 16.8 Å². The Morgan fingerprint density at radius 1 is 0.750 bits per heavy atom. The number of carbonyl (C=O) groups is 5. The van der Waals surface area contributed by atoms with Crippen molar-refractivity contribution in [2.75, 3.05) is 33.3 Å². The highest BCUT2D eigenvalue weighted by Gasteiger charge is 2.30. The summed E-state index contributed by atoms with van der Waals surface area (Å²) in [6.45, 7) is -0.148. The minimum absolute atomic E-state index is 0.0251. The van der Waals surface area contributed by atoms with Crippen LogP contribution >= 0.6 is 0 Å². The van der Waals surface area contributed by atoms with Crippen molar-refractivity contribution in [1.82, 2.24) is 25.8 Å². The summed E-state index contributed by atoms with van der Waals surface area (Å²) in [5, 5.41) is 8.64. The van der Waals surface area contributed by atoms with Crippen molar-refractivity contribution < 1.29 is 28.7 Å². The van der Waals surface area contributed by atoms with Gasteiger partial charge in [0, 0.05) is 20.1 Å². The molecule has 4 aromatic carbocycles. The number of fused-ring (bicyclic) bond motifs is 1. The molecule has 5 amide bonds. The molecule has 0 saturated carbocycles. The standard InChI is InChI=1S/C41H45N5O6/c1-45-27-37(47)43-33(24-31-16-7-3-8-17-31)29-52-36-22-12-11-21-34(36)40(50)44-35(41(51)42-23-13-20-30-14-5-2-6-15-30)25-38(48)46(28-39(45)49)26-32-18-9-4-10-19-32/h2-12,14-19,21-22,33,35H,13,20,23-29H2,1H3,(H,42,51)(H,43,47)(H,44,50)/t33-,35+/m1/s1. The normalized spacial score (nSPS) is 17.6. The van der Waals surface area contributed by atoms with E-state index in [9.17, 15) is 24.0 Å². The average Bonchev–Trinajstić information content (AvgIpc) is 3.15. The first kappa shape index (κ1) is 37.3. The van der Waals surface area contributed by atoms with E-state index in [1.54, 1.807) is 24.3 Å². The van der Waals surface area contributed by atoms with E-state index in [2.05, 4.69) is 16.0 Å². The predicted molar refractivity (Wildman–Crippen MR) is 197 cm³/mol. The quantitative estimate of drug-likeness (QED) is 0.228. The van der Waals surface area contributed by atoms with Crippen LogP contribution in [0.5, 0.6) is 5.75 Å². The molecule has 4 aromatic rings. The molecule has 0 bridgehead atoms. The smallest absolute Gasteiger partial charge is 0.255 e. The second-order valence-electron chi connectivity index (χ2n) is 12.9. The molecular weight excluding hydrogens is 658 g/mol. The summed E-state index contributed by atoms with van der Waals surface area (Å²) in [7, 11) is 1.51. The number of rotatable bonds is 9. The van der Waals surface area contributed by atoms with Crippen LogP contribution in [0.15, 0.2) is 115 Å². The average molecular weight is 704 g/mol. The van der Waals surface area contributed by atoms with Gasteiger partial charge in [0.2, 0.25) is 23.6 Å². The van der Waals surface area contributed by atoms with E-state index in [0.717, 1.165) is 23.1 Å². The number of hydrogen-bond donors (Lipinski definition) is 3. The van der Waals surface area contributed by atoms with Crippen molar-refractivity contribution in [1.29, 1.82) is 0 Å². The second-order valence-corrected chi connectivity index (χ2v) is 12.9. The number of likely N-dealkylation sites (N-methyl/N-ethyl adjacent to an activating group) is 1. The van der Waals surface area contributed by atoms with Crippen molar-refractivity contribution in [3.05, 3.63) is 138 Å². The molecule has 11 nitrogen and oxygen atoms in total. The maximum Gasteiger partial charge on any atom is 0.255 e. The number of hydrogen-bond acceptors (Lipinski definition) is 6. The molecular formula is C41H45N5O6. The van der Waals surface area contributed by atoms with E-state index in [0.29, 0.717) is 19.4 Å². The number of aryl methyl sites for hydroxylation is 1. The molecule has 11 heteroatoms. The summed E-state index contributed by atoms with van der Waals surface area (Å²) in [5.41, 5.74) is 3.04. The topological polar surface area (TPSA) is 137 Å². The molecule has 2 atom stereocenters. The van der Waals surface area contributed by atoms with E-state index in [1.807, 2.05) is 91.0 Å². The van der Waals surface area contributed by atoms with Crippen LogP contribution in [0.2, 0.25) is 0 Å². The summed E-state index contributed by atoms with van der Waals surface area (Å²) in [4.78, 5) is 71.0. The third-order valence-corrected chi connectivity index (χ3v) is 8.75. The Kier molecular flexibility index (Phi) is 13.5. The van der Waals surface area contributed by atoms with Gasteiger partial charge in [0.05, 0.1) is 24.6 Å². The number of carbonyl (C=O) groups excluding carboxylic acids is 5. The summed E-state index contributed by atoms with van der Waals surface area (Å²) in [6, 6.07) is 33.5. The molecule has 0 aliphatic carbocycles. The fourth-order valence-corrected chi connectivity index (χ4v) is 5.94. The molecule has 0 aromatic heterocycles. The van der Waals surface area contributed by atoms with Crippen LogP contribution in [-0.4, -0.2) is 84.7 Å². The number of para-hydroxylation sites is 1. The van der Waals surface area contributed by atoms with Gasteiger partial charge in [-0.15, -0.1) is 0 Å². The Labute approximate surface area is 304 Å². The first-order valence-electron chi connectivity index (χ1n) is 17.5. The fraction of sp³-hybridized carbons (Fsp3) is 0.293. The van der Waals surface area contributed by atoms with Crippen molar-refractivity contribution in [2.24, 2.45) is 0 Å². The van der Waals surface area contributed by atoms with Gasteiger partial charge < -0.3 is 30.5 Å². The first-order valence-corrected chi connectivity index (χ1v) is 17.5. The number of ether oxygens (including phenoxy) is 1. The summed E-state index contributed by atoms with van der Waals surface area (Å²) in [5.74, 6) is -2.25. The lowest BCUT2D eigenvalue weighted by Crippen LogP contribution is -2.51. The zero-order valence-corrected chi connectivity index (χ0v) is 29.3. The van der Waals surface area contributed by atoms with E-state index in [-0.39, 0.29) is 37.6 Å². The summed E-state index contributed by atoms with van der Waals surface area (Å²) in [6.07, 6.45) is 1.43. The van der Waals surface area contributed by atoms with Gasteiger partial charge in [-0.3, -0.25) is 24.0 Å². The fourth-order valence-electron chi connectivity index (χ4n) is 5.94. The molecule has 1 aliphatic rings. The Morgan fingerprint density at radius 3 is 2.06 bits per heavy atom. The Bertz CT molecular complexity index is 1800. The molecule has 1 aliphatic heterocycles. The maximum absolute atomic E-state index is 14.0. The second kappa shape index (κ2) is 18.9. The zero-order chi connectivity index (χ0) is 36.7. The number of benzene rings is 4. The van der Waals surface area contributed by atoms with Gasteiger partial charge in [0.15, 0.2) is 0 Å². The lowest BCUT2D eigenvalue weighted by molar-refractivity contribution is -0.142. The summed E-state index contributed by atoms with van der Waals surface area (Å²) >= 11 is 0. The summed E-state index contributed by atoms with van der Waals surface area (Å²) < 4.78 is 6.15. The highest BCUT2D eigenvalue weighted by molar-refractivity contribution is 6.01. The van der Waals surface area contributed by atoms with Gasteiger partial charge >= 0.3 is 0 Å². The molecule has 270 valence electrons. The highest BCUT2D eigenvalue weighted by atomic mass is 16.5. The maximum atomic E-state index is 14.0. The van der Waals surface area contributed by atoms with Crippen molar-refractivity contribution in [2.45, 2.75) is 44.3 Å². The number of amides is 5. The van der Waals surface area contributed by atoms with Crippen LogP contribution in [0, 0.1) is 0 Å². The number of nitrogens with one attached hydrogen (secondary N) is 3. The minimum Gasteiger partial charge on any atom is -0.491 e. The van der Waals surface area contributed by atoms with Gasteiger partial charge in [-0.2, -0.15) is 0 Å². The third kappa shape index (κ3) is 11.3. The van der Waals surface area contributed by atoms with Gasteiger partial charge in [-0.05, 0) is 48.1 Å². The van der Waals surface area contributed by atoms with E-state index in [4.69, 9.17) is 4.74 Å². The van der Waals surface area contributed by atoms with E-state index < -0.39 is 48.0 Å². The van der Waals surface area contributed by atoms with Gasteiger partial charge in [-0.25, -0.2) is 0 Å². The molecule has 0 saturated heterocycles. The van der Waals surface area contributed by atoms with Gasteiger partial charge in [0.1, 0.15) is 24.9 Å². The lowest BCUT2D eigenvalue weighted by atomic mass is 10.1. The Morgan fingerprint density at radius 2 is 1.37 bits per heavy atom. The third-order valence-electron chi connectivity index (χ3n) is 8.75. The SMILES string of the molecule is CN1CC(=O)N[C@H](Cc2ccccc2)COc2ccccc2C(=O)N[C@H](C(=O)NCCCc2ccccc2)CC(=O)N(Cc2ccccc2)CC1=O. The van der Waals surface area contributed by atoms with Gasteiger partial charge in [0.25, 0.3) is 5.91 Å². The molecule has 5 rings (SSSR count). The van der Waals surface area contributed by atoms with Crippen molar-refractivity contribution in [3.8, 4) is 5.75 Å². The van der Waals surface area contributed by atoms with E-state index >= 15 is 0 Å². The largest absolute Gasteiger partial charge is 0.491 e. The molecule has 52 heavy (non-hydrogen) atoms. The molecule has 3 N–H and O–H groups in total. The molecule has 0 fully saturated rings. The van der Waals surface area contributed by atoms with Crippen LogP contribution in [0.25, 0.3) is 0 Å². The highest BCUT2D eigenvalue weighted by Crippen LogP contribution is 2.20. The van der Waals surface area contributed by atoms with Crippen molar-refractivity contribution >= 4 is 29.5 Å². The Hall–Kier alpha value is -5.97. The molecule has 0 unspecified atom stereocenters. The molecule has 0 spiro atoms. The minimum atomic E-state index is -1.25. The number of nitrogens with zero attached hydrogens (tertiary/aromatic N) is 2. The van der Waals surface area contributed by atoms with Crippen LogP contribution in [0.1, 0.15) is 39.9 Å². The van der Waals surface area contributed by atoms with Crippen LogP contribution in [-0.2, 0) is 38.6 Å². The molecule has 1 heterocycles.